The molecular weight excluding hydrogens is 334 g/mol. The van der Waals surface area contributed by atoms with Crippen molar-refractivity contribution in [1.82, 2.24) is 0 Å². The Labute approximate surface area is 167 Å². The van der Waals surface area contributed by atoms with Gasteiger partial charge in [-0.15, -0.1) is 18.3 Å². The molecule has 0 fully saturated rings. The van der Waals surface area contributed by atoms with Crippen LogP contribution in [0.5, 0.6) is 0 Å². The fraction of sp³-hybridized carbons (Fsp3) is 0.583. The lowest BCUT2D eigenvalue weighted by Crippen LogP contribution is -1.87. The second-order valence-corrected chi connectivity index (χ2v) is 7.22. The number of hydrogen-bond acceptors (Lipinski definition) is 3. The van der Waals surface area contributed by atoms with E-state index >= 15 is 0 Å². The van der Waals surface area contributed by atoms with E-state index in [2.05, 4.69) is 58.2 Å². The molecule has 0 heterocycles. The summed E-state index contributed by atoms with van der Waals surface area (Å²) in [5.41, 5.74) is 2.68. The number of oxime groups is 1. The third-order valence-corrected chi connectivity index (χ3v) is 4.44. The van der Waals surface area contributed by atoms with Crippen LogP contribution in [0.3, 0.4) is 0 Å². The van der Waals surface area contributed by atoms with Gasteiger partial charge in [-0.05, 0) is 70.6 Å². The van der Waals surface area contributed by atoms with Gasteiger partial charge in [0.25, 0.3) is 0 Å². The Morgan fingerprint density at radius 3 is 1.70 bits per heavy atom. The molecule has 2 atom stereocenters. The molecule has 154 valence electrons. The van der Waals surface area contributed by atoms with Crippen molar-refractivity contribution in [1.29, 1.82) is 0 Å². The molecule has 0 aliphatic carbocycles. The van der Waals surface area contributed by atoms with E-state index in [0.717, 1.165) is 51.2 Å². The molecule has 1 N–H and O–H groups in total. The van der Waals surface area contributed by atoms with E-state index in [1.807, 2.05) is 12.2 Å². The van der Waals surface area contributed by atoms with Gasteiger partial charge in [-0.25, -0.2) is 0 Å². The van der Waals surface area contributed by atoms with Crippen LogP contribution in [0.1, 0.15) is 79.1 Å². The highest BCUT2D eigenvalue weighted by Crippen LogP contribution is 2.11. The van der Waals surface area contributed by atoms with E-state index in [-0.39, 0.29) is 0 Å². The van der Waals surface area contributed by atoms with Crippen molar-refractivity contribution < 1.29 is 10.0 Å². The largest absolute Gasteiger partial charge is 0.411 e. The molecule has 0 aromatic carbocycles. The third-order valence-electron chi connectivity index (χ3n) is 4.44. The van der Waals surface area contributed by atoms with Gasteiger partial charge >= 0.3 is 0 Å². The zero-order valence-corrected chi connectivity index (χ0v) is 18.0. The molecule has 0 saturated carbocycles. The van der Waals surface area contributed by atoms with Crippen LogP contribution in [0.2, 0.25) is 0 Å². The summed E-state index contributed by atoms with van der Waals surface area (Å²) in [6.45, 7) is 16.0. The molecule has 0 aliphatic heterocycles. The van der Waals surface area contributed by atoms with Crippen molar-refractivity contribution in [2.45, 2.75) is 79.1 Å². The van der Waals surface area contributed by atoms with Crippen molar-refractivity contribution in [2.75, 3.05) is 0 Å². The fourth-order valence-electron chi connectivity index (χ4n) is 2.26. The first-order chi connectivity index (χ1) is 12.9. The van der Waals surface area contributed by atoms with Gasteiger partial charge in [0.15, 0.2) is 0 Å². The van der Waals surface area contributed by atoms with Crippen LogP contribution in [0.4, 0.5) is 0 Å². The number of rotatable bonds is 14. The van der Waals surface area contributed by atoms with Crippen LogP contribution < -0.4 is 0 Å². The molecule has 0 aliphatic rings. The third kappa shape index (κ3) is 22.1. The molecule has 0 radical (unpaired) electrons. The van der Waals surface area contributed by atoms with Gasteiger partial charge < -0.3 is 10.0 Å². The summed E-state index contributed by atoms with van der Waals surface area (Å²) >= 11 is 0. The Morgan fingerprint density at radius 2 is 1.33 bits per heavy atom. The molecule has 3 heteroatoms. The molecule has 0 amide bonds. The highest BCUT2D eigenvalue weighted by Gasteiger charge is 1.95. The topological polar surface area (TPSA) is 49.7 Å². The SMILES string of the molecule is C=CC(C)CC/C=C(\C)CC/C=N\O.C=CC(C)CC/C=C(\C)CCC=O. The average molecular weight is 376 g/mol. The second kappa shape index (κ2) is 20.4. The maximum absolute atomic E-state index is 10.1. The van der Waals surface area contributed by atoms with E-state index in [0.29, 0.717) is 18.3 Å². The van der Waals surface area contributed by atoms with Crippen LogP contribution in [0.15, 0.2) is 53.8 Å². The number of carbonyl (C=O) groups excluding carboxylic acids is 1. The molecule has 0 aromatic heterocycles. The Bertz CT molecular complexity index is 475. The number of nitrogens with zero attached hydrogens (tertiary/aromatic N) is 1. The van der Waals surface area contributed by atoms with Crippen molar-refractivity contribution in [2.24, 2.45) is 17.0 Å². The summed E-state index contributed by atoms with van der Waals surface area (Å²) in [7, 11) is 0. The summed E-state index contributed by atoms with van der Waals surface area (Å²) in [5.74, 6) is 1.19. The predicted octanol–water partition coefficient (Wildman–Crippen LogP) is 7.29. The van der Waals surface area contributed by atoms with Crippen LogP contribution in [0, 0.1) is 11.8 Å². The molecule has 0 spiro atoms. The summed E-state index contributed by atoms with van der Waals surface area (Å²) < 4.78 is 0. The summed E-state index contributed by atoms with van der Waals surface area (Å²) in [4.78, 5) is 10.1. The molecule has 2 unspecified atom stereocenters. The Balaban J connectivity index is 0. The Kier molecular flexibility index (Phi) is 20.7. The minimum atomic E-state index is 0.593. The first-order valence-electron chi connectivity index (χ1n) is 10.1. The van der Waals surface area contributed by atoms with Crippen LogP contribution in [0.25, 0.3) is 0 Å². The van der Waals surface area contributed by atoms with Gasteiger partial charge in [-0.1, -0.05) is 49.3 Å². The van der Waals surface area contributed by atoms with E-state index < -0.39 is 0 Å². The standard InChI is InChI=1S/C12H21NO.C12H20O/c1-4-11(2)7-5-8-12(3)9-6-10-13-14;1-4-11(2)7-5-8-12(3)9-6-10-13/h4,8,10-11,14H,1,5-7,9H2,2-3H3;4,8,10-11H,1,5-7,9H2,2-3H3/b12-8+,13-10-;12-8+. The van der Waals surface area contributed by atoms with Crippen LogP contribution in [-0.2, 0) is 4.79 Å². The highest BCUT2D eigenvalue weighted by molar-refractivity contribution is 5.56. The van der Waals surface area contributed by atoms with Crippen LogP contribution in [-0.4, -0.2) is 17.7 Å². The normalized spacial score (nSPS) is 14.2. The van der Waals surface area contributed by atoms with Gasteiger partial charge in [0.1, 0.15) is 6.29 Å². The van der Waals surface area contributed by atoms with Crippen molar-refractivity contribution >= 4 is 12.5 Å². The van der Waals surface area contributed by atoms with Crippen LogP contribution >= 0.6 is 0 Å². The lowest BCUT2D eigenvalue weighted by atomic mass is 10.0. The summed E-state index contributed by atoms with van der Waals surface area (Å²) in [6.07, 6.45) is 18.8. The van der Waals surface area contributed by atoms with E-state index in [4.69, 9.17) is 5.21 Å². The lowest BCUT2D eigenvalue weighted by Gasteiger charge is -2.02. The maximum atomic E-state index is 10.1. The monoisotopic (exact) mass is 375 g/mol. The minimum Gasteiger partial charge on any atom is -0.411 e. The van der Waals surface area contributed by atoms with E-state index in [1.165, 1.54) is 17.4 Å². The van der Waals surface area contributed by atoms with Gasteiger partial charge in [0.05, 0.1) is 0 Å². The molecular formula is C24H41NO2. The van der Waals surface area contributed by atoms with Crippen molar-refractivity contribution in [3.05, 3.63) is 48.6 Å². The molecule has 0 aromatic rings. The van der Waals surface area contributed by atoms with Gasteiger partial charge in [-0.3, -0.25) is 0 Å². The zero-order chi connectivity index (χ0) is 20.9. The molecule has 0 rings (SSSR count). The first kappa shape index (κ1) is 27.3. The Hall–Kier alpha value is -1.90. The molecule has 0 saturated heterocycles. The molecule has 3 nitrogen and oxygen atoms in total. The summed E-state index contributed by atoms with van der Waals surface area (Å²) in [5, 5.41) is 11.2. The van der Waals surface area contributed by atoms with E-state index in [1.54, 1.807) is 0 Å². The minimum absolute atomic E-state index is 0.593. The number of carbonyl (C=O) groups is 1. The number of hydrogen-bond donors (Lipinski definition) is 1. The van der Waals surface area contributed by atoms with Gasteiger partial charge in [0, 0.05) is 12.6 Å². The predicted molar refractivity (Wildman–Crippen MR) is 120 cm³/mol. The second-order valence-electron chi connectivity index (χ2n) is 7.22. The zero-order valence-electron chi connectivity index (χ0n) is 18.0. The fourth-order valence-corrected chi connectivity index (χ4v) is 2.26. The lowest BCUT2D eigenvalue weighted by molar-refractivity contribution is -0.107. The van der Waals surface area contributed by atoms with Crippen molar-refractivity contribution in [3.8, 4) is 0 Å². The van der Waals surface area contributed by atoms with E-state index in [9.17, 15) is 4.79 Å². The molecule has 27 heavy (non-hydrogen) atoms. The average Bonchev–Trinajstić information content (AvgIpc) is 2.66. The van der Waals surface area contributed by atoms with Gasteiger partial charge in [0.2, 0.25) is 0 Å². The van der Waals surface area contributed by atoms with Crippen molar-refractivity contribution in [3.63, 3.8) is 0 Å². The molecule has 0 bridgehead atoms. The quantitative estimate of drug-likeness (QED) is 0.114. The first-order valence-corrected chi connectivity index (χ1v) is 10.1. The maximum Gasteiger partial charge on any atom is 0.120 e. The summed E-state index contributed by atoms with van der Waals surface area (Å²) in [6, 6.07) is 0. The highest BCUT2D eigenvalue weighted by atomic mass is 16.4. The van der Waals surface area contributed by atoms with Gasteiger partial charge in [-0.2, -0.15) is 0 Å². The number of allylic oxidation sites excluding steroid dienone is 6. The Morgan fingerprint density at radius 1 is 0.889 bits per heavy atom. The number of aldehydes is 1. The smallest absolute Gasteiger partial charge is 0.120 e.